The zero-order chi connectivity index (χ0) is 13.7. The van der Waals surface area contributed by atoms with Gasteiger partial charge in [-0.1, -0.05) is 17.8 Å². The number of rotatable bonds is 5. The Hall–Kier alpha value is -2.15. The van der Waals surface area contributed by atoms with Gasteiger partial charge in [0.1, 0.15) is 12.1 Å². The molecule has 1 aromatic carbocycles. The van der Waals surface area contributed by atoms with Crippen LogP contribution in [0.2, 0.25) is 0 Å². The van der Waals surface area contributed by atoms with Gasteiger partial charge >= 0.3 is 5.97 Å². The van der Waals surface area contributed by atoms with Crippen LogP contribution in [0.4, 0.5) is 4.39 Å². The molecule has 0 spiro atoms. The van der Waals surface area contributed by atoms with Crippen molar-refractivity contribution in [2.75, 3.05) is 0 Å². The van der Waals surface area contributed by atoms with Gasteiger partial charge in [-0.05, 0) is 29.3 Å². The number of H-pyrrole nitrogens is 1. The van der Waals surface area contributed by atoms with Crippen LogP contribution in [0.25, 0.3) is 6.08 Å². The lowest BCUT2D eigenvalue weighted by Crippen LogP contribution is -1.91. The highest BCUT2D eigenvalue weighted by Crippen LogP contribution is 2.22. The van der Waals surface area contributed by atoms with E-state index in [9.17, 15) is 9.18 Å². The standard InChI is InChI=1S/C12H10FN3O2S/c13-10-3-1-9(6-19-12-14-7-15-16-12)8(5-10)2-4-11(17)18/h1-5,7H,6H2,(H,17,18)(H,14,15,16). The lowest BCUT2D eigenvalue weighted by atomic mass is 10.1. The van der Waals surface area contributed by atoms with E-state index in [2.05, 4.69) is 15.2 Å². The zero-order valence-electron chi connectivity index (χ0n) is 9.71. The topological polar surface area (TPSA) is 78.9 Å². The number of carboxylic acids is 1. The van der Waals surface area contributed by atoms with Crippen LogP contribution in [0.1, 0.15) is 11.1 Å². The molecule has 0 aliphatic carbocycles. The van der Waals surface area contributed by atoms with Gasteiger partial charge in [0.15, 0.2) is 5.16 Å². The molecular weight excluding hydrogens is 269 g/mol. The second kappa shape index (κ2) is 6.14. The number of nitrogens with zero attached hydrogens (tertiary/aromatic N) is 2. The third-order valence-electron chi connectivity index (χ3n) is 2.27. The normalized spacial score (nSPS) is 11.0. The van der Waals surface area contributed by atoms with Gasteiger partial charge in [0, 0.05) is 11.8 Å². The summed E-state index contributed by atoms with van der Waals surface area (Å²) in [4.78, 5) is 14.5. The molecule has 1 aromatic heterocycles. The first-order chi connectivity index (χ1) is 9.15. The SMILES string of the molecule is O=C(O)C=Cc1cc(F)ccc1CSc1ncn[nH]1. The van der Waals surface area contributed by atoms with Crippen LogP contribution in [0.5, 0.6) is 0 Å². The number of carbonyl (C=O) groups is 1. The van der Waals surface area contributed by atoms with Gasteiger partial charge in [-0.3, -0.25) is 5.10 Å². The van der Waals surface area contributed by atoms with Crippen molar-refractivity contribution >= 4 is 23.8 Å². The van der Waals surface area contributed by atoms with Crippen molar-refractivity contribution in [2.45, 2.75) is 10.9 Å². The number of hydrogen-bond donors (Lipinski definition) is 2. The van der Waals surface area contributed by atoms with E-state index in [1.165, 1.54) is 36.3 Å². The fraction of sp³-hybridized carbons (Fsp3) is 0.0833. The highest BCUT2D eigenvalue weighted by Gasteiger charge is 2.05. The summed E-state index contributed by atoms with van der Waals surface area (Å²) in [6.07, 6.45) is 3.76. The molecule has 0 saturated heterocycles. The summed E-state index contributed by atoms with van der Waals surface area (Å²) in [5, 5.41) is 15.7. The number of aromatic amines is 1. The highest BCUT2D eigenvalue weighted by molar-refractivity contribution is 7.98. The van der Waals surface area contributed by atoms with E-state index >= 15 is 0 Å². The maximum Gasteiger partial charge on any atom is 0.328 e. The summed E-state index contributed by atoms with van der Waals surface area (Å²) in [5.74, 6) is -0.939. The van der Waals surface area contributed by atoms with Crippen LogP contribution in [-0.4, -0.2) is 26.3 Å². The minimum absolute atomic E-state index is 0.404. The molecule has 0 amide bonds. The van der Waals surface area contributed by atoms with Crippen molar-refractivity contribution in [3.05, 3.63) is 47.5 Å². The van der Waals surface area contributed by atoms with E-state index in [1.807, 2.05) is 0 Å². The number of carboxylic acid groups (broad SMARTS) is 1. The maximum atomic E-state index is 13.2. The fourth-order valence-corrected chi connectivity index (χ4v) is 2.22. The molecule has 2 aromatic rings. The van der Waals surface area contributed by atoms with Gasteiger partial charge < -0.3 is 5.11 Å². The summed E-state index contributed by atoms with van der Waals surface area (Å²) in [7, 11) is 0. The molecule has 0 bridgehead atoms. The van der Waals surface area contributed by atoms with Gasteiger partial charge in [0.25, 0.3) is 0 Å². The molecular formula is C12H10FN3O2S. The Morgan fingerprint density at radius 3 is 3.05 bits per heavy atom. The Balaban J connectivity index is 2.16. The predicted molar refractivity (Wildman–Crippen MR) is 69.0 cm³/mol. The van der Waals surface area contributed by atoms with E-state index in [0.717, 1.165) is 11.6 Å². The molecule has 2 N–H and O–H groups in total. The molecule has 7 heteroatoms. The van der Waals surface area contributed by atoms with Crippen molar-refractivity contribution in [2.24, 2.45) is 0 Å². The number of halogens is 1. The molecule has 0 fully saturated rings. The number of benzene rings is 1. The lowest BCUT2D eigenvalue weighted by Gasteiger charge is -2.04. The number of thioether (sulfide) groups is 1. The molecule has 5 nitrogen and oxygen atoms in total. The van der Waals surface area contributed by atoms with Gasteiger partial charge in [0.2, 0.25) is 0 Å². The molecule has 1 heterocycles. The quantitative estimate of drug-likeness (QED) is 0.648. The van der Waals surface area contributed by atoms with Crippen molar-refractivity contribution < 1.29 is 14.3 Å². The molecule has 2 rings (SSSR count). The Labute approximate surface area is 112 Å². The molecule has 0 radical (unpaired) electrons. The molecule has 98 valence electrons. The first-order valence-corrected chi connectivity index (χ1v) is 6.31. The Morgan fingerprint density at radius 1 is 1.53 bits per heavy atom. The summed E-state index contributed by atoms with van der Waals surface area (Å²) >= 11 is 1.40. The largest absolute Gasteiger partial charge is 0.478 e. The second-order valence-electron chi connectivity index (χ2n) is 3.59. The van der Waals surface area contributed by atoms with Crippen LogP contribution < -0.4 is 0 Å². The minimum Gasteiger partial charge on any atom is -0.478 e. The van der Waals surface area contributed by atoms with Crippen LogP contribution in [-0.2, 0) is 10.5 Å². The third kappa shape index (κ3) is 3.92. The van der Waals surface area contributed by atoms with Gasteiger partial charge in [-0.2, -0.15) is 5.10 Å². The fourth-order valence-electron chi connectivity index (χ4n) is 1.42. The van der Waals surface area contributed by atoms with Gasteiger partial charge in [-0.15, -0.1) is 0 Å². The van der Waals surface area contributed by atoms with Crippen LogP contribution in [0.15, 0.2) is 35.8 Å². The van der Waals surface area contributed by atoms with Gasteiger partial charge in [0.05, 0.1) is 0 Å². The number of hydrogen-bond acceptors (Lipinski definition) is 4. The molecule has 0 aliphatic rings. The average Bonchev–Trinajstić information content (AvgIpc) is 2.88. The lowest BCUT2D eigenvalue weighted by molar-refractivity contribution is -0.131. The third-order valence-corrected chi connectivity index (χ3v) is 3.20. The molecule has 0 saturated carbocycles. The summed E-state index contributed by atoms with van der Waals surface area (Å²) in [6, 6.07) is 4.27. The maximum absolute atomic E-state index is 13.2. The first kappa shape index (κ1) is 13.3. The molecule has 19 heavy (non-hydrogen) atoms. The van der Waals surface area contributed by atoms with E-state index in [4.69, 9.17) is 5.11 Å². The molecule has 0 unspecified atom stereocenters. The van der Waals surface area contributed by atoms with E-state index in [1.54, 1.807) is 6.07 Å². The smallest absolute Gasteiger partial charge is 0.328 e. The number of aromatic nitrogens is 3. The van der Waals surface area contributed by atoms with Crippen molar-refractivity contribution in [1.82, 2.24) is 15.2 Å². The number of nitrogens with one attached hydrogen (secondary N) is 1. The van der Waals surface area contributed by atoms with Crippen molar-refractivity contribution in [3.63, 3.8) is 0 Å². The summed E-state index contributed by atoms with van der Waals surface area (Å²) < 4.78 is 13.2. The van der Waals surface area contributed by atoms with Crippen LogP contribution in [0, 0.1) is 5.82 Å². The first-order valence-electron chi connectivity index (χ1n) is 5.33. The van der Waals surface area contributed by atoms with Crippen molar-refractivity contribution in [3.8, 4) is 0 Å². The number of aliphatic carboxylic acids is 1. The van der Waals surface area contributed by atoms with Gasteiger partial charge in [-0.25, -0.2) is 14.2 Å². The van der Waals surface area contributed by atoms with E-state index < -0.39 is 11.8 Å². The Morgan fingerprint density at radius 2 is 2.37 bits per heavy atom. The predicted octanol–water partition coefficient (Wildman–Crippen LogP) is 2.33. The van der Waals surface area contributed by atoms with Crippen molar-refractivity contribution in [1.29, 1.82) is 0 Å². The zero-order valence-corrected chi connectivity index (χ0v) is 10.5. The average molecular weight is 279 g/mol. The Kier molecular flexibility index (Phi) is 4.30. The Bertz CT molecular complexity index is 599. The van der Waals surface area contributed by atoms with E-state index in [-0.39, 0.29) is 0 Å². The summed E-state index contributed by atoms with van der Waals surface area (Å²) in [5.41, 5.74) is 1.36. The molecule has 0 atom stereocenters. The van der Waals surface area contributed by atoms with E-state index in [0.29, 0.717) is 16.5 Å². The molecule has 0 aliphatic heterocycles. The van der Waals surface area contributed by atoms with Crippen LogP contribution >= 0.6 is 11.8 Å². The highest BCUT2D eigenvalue weighted by atomic mass is 32.2. The minimum atomic E-state index is -1.07. The summed E-state index contributed by atoms with van der Waals surface area (Å²) in [6.45, 7) is 0. The van der Waals surface area contributed by atoms with Crippen LogP contribution in [0.3, 0.4) is 0 Å². The monoisotopic (exact) mass is 279 g/mol. The second-order valence-corrected chi connectivity index (χ2v) is 4.56.